The molecule has 11 nitrogen and oxygen atoms in total. The third-order valence-corrected chi connectivity index (χ3v) is 7.58. The topological polar surface area (TPSA) is 151 Å². The van der Waals surface area contributed by atoms with Crippen LogP contribution in [-0.4, -0.2) is 34.2 Å². The monoisotopic (exact) mass is 643 g/mol. The van der Waals surface area contributed by atoms with Crippen LogP contribution in [0.4, 0.5) is 9.59 Å². The average Bonchev–Trinajstić information content (AvgIpc) is 3.49. The zero-order valence-electron chi connectivity index (χ0n) is 25.3. The minimum absolute atomic E-state index is 0.0564. The van der Waals surface area contributed by atoms with Gasteiger partial charge in [-0.05, 0) is 35.8 Å². The van der Waals surface area contributed by atoms with Crippen LogP contribution in [0, 0.1) is 11.8 Å². The summed E-state index contributed by atoms with van der Waals surface area (Å²) >= 11 is 5.51. The fourth-order valence-electron chi connectivity index (χ4n) is 4.12. The van der Waals surface area contributed by atoms with E-state index in [0.717, 1.165) is 11.1 Å². The molecule has 0 fully saturated rings. The molecule has 0 aliphatic rings. The van der Waals surface area contributed by atoms with Gasteiger partial charge in [0.1, 0.15) is 30.0 Å². The molecule has 0 aliphatic carbocycles. The summed E-state index contributed by atoms with van der Waals surface area (Å²) in [6.45, 7) is 8.04. The molecule has 3 atom stereocenters. The molecule has 1 aromatic heterocycles. The molecule has 0 saturated heterocycles. The summed E-state index contributed by atoms with van der Waals surface area (Å²) in [5.74, 6) is -0.307. The maximum atomic E-state index is 13.0. The van der Waals surface area contributed by atoms with Gasteiger partial charge in [-0.1, -0.05) is 88.4 Å². The Bertz CT molecular complexity index is 1340. The molecule has 3 amide bonds. The lowest BCUT2D eigenvalue weighted by molar-refractivity contribution is -0.126. The maximum Gasteiger partial charge on any atom is 0.408 e. The minimum atomic E-state index is -2.06. The number of nitrogens with one attached hydrogen (secondary N) is 4. The van der Waals surface area contributed by atoms with E-state index in [2.05, 4.69) is 39.1 Å². The van der Waals surface area contributed by atoms with Gasteiger partial charge in [0.15, 0.2) is 0 Å². The molecule has 0 aliphatic heterocycles. The Balaban J connectivity index is 1.59. The van der Waals surface area contributed by atoms with E-state index in [1.807, 2.05) is 88.4 Å². The van der Waals surface area contributed by atoms with Crippen molar-refractivity contribution < 1.29 is 29.0 Å². The second-order valence-electron chi connectivity index (χ2n) is 11.1. The Kier molecular flexibility index (Phi) is 13.5. The van der Waals surface area contributed by atoms with Crippen LogP contribution in [0.1, 0.15) is 68.4 Å². The molecule has 5 N–H and O–H groups in total. The van der Waals surface area contributed by atoms with E-state index in [1.54, 1.807) is 5.38 Å². The van der Waals surface area contributed by atoms with Gasteiger partial charge >= 0.3 is 12.2 Å². The molecular formula is C31H41N5O6S2. The zero-order chi connectivity index (χ0) is 32.1. The highest BCUT2D eigenvalue weighted by atomic mass is 32.1. The lowest BCUT2D eigenvalue weighted by Gasteiger charge is -2.25. The van der Waals surface area contributed by atoms with Crippen LogP contribution in [0.3, 0.4) is 0 Å². The van der Waals surface area contributed by atoms with Crippen molar-refractivity contribution in [2.45, 2.75) is 70.9 Å². The Morgan fingerprint density at radius 3 is 1.91 bits per heavy atom. The SMILES string of the molecule is CC(C)C[C@H](NC(=O)OCc1ccccc1)C(=O)NN[C@](O)(S)c1csc([C@H](CC(C)C)NC(=O)OCc2ccccc2)n1. The summed E-state index contributed by atoms with van der Waals surface area (Å²) in [7, 11) is 0. The average molecular weight is 644 g/mol. The minimum Gasteiger partial charge on any atom is -0.445 e. The molecule has 0 unspecified atom stereocenters. The van der Waals surface area contributed by atoms with Crippen LogP contribution in [0.15, 0.2) is 66.0 Å². The van der Waals surface area contributed by atoms with E-state index in [0.29, 0.717) is 17.8 Å². The molecule has 238 valence electrons. The van der Waals surface area contributed by atoms with E-state index < -0.39 is 35.2 Å². The van der Waals surface area contributed by atoms with Gasteiger partial charge in [-0.15, -0.1) is 24.0 Å². The molecular weight excluding hydrogens is 603 g/mol. The standard InChI is InChI=1S/C31H41N5O6S2/c1-20(2)15-24(32-29(38)41-17-22-11-7-5-8-12-22)27(37)35-36-31(40,43)26-19-44-28(34-26)25(16-21(3)4)33-30(39)42-18-23-13-9-6-10-14-23/h5-14,19-21,24-25,36,40,43H,15-18H2,1-4H3,(H,32,38)(H,33,39)(H,35,37)/t24-,25-,31+/m0/s1. The van der Waals surface area contributed by atoms with Crippen molar-refractivity contribution in [2.75, 3.05) is 0 Å². The fraction of sp³-hybridized carbons (Fsp3) is 0.419. The van der Waals surface area contributed by atoms with Gasteiger partial charge in [0, 0.05) is 5.38 Å². The van der Waals surface area contributed by atoms with E-state index >= 15 is 0 Å². The van der Waals surface area contributed by atoms with E-state index in [-0.39, 0.29) is 30.7 Å². The van der Waals surface area contributed by atoms with Gasteiger partial charge < -0.3 is 25.2 Å². The van der Waals surface area contributed by atoms with Gasteiger partial charge in [0.05, 0.1) is 6.04 Å². The number of hydrogen-bond acceptors (Lipinski definition) is 10. The predicted molar refractivity (Wildman–Crippen MR) is 171 cm³/mol. The van der Waals surface area contributed by atoms with Crippen LogP contribution in [-0.2, 0) is 32.5 Å². The molecule has 3 aromatic rings. The van der Waals surface area contributed by atoms with Crippen LogP contribution in [0.25, 0.3) is 0 Å². The fourth-order valence-corrected chi connectivity index (χ4v) is 5.30. The highest BCUT2D eigenvalue weighted by molar-refractivity contribution is 7.81. The van der Waals surface area contributed by atoms with Crippen molar-refractivity contribution in [1.82, 2.24) is 26.5 Å². The van der Waals surface area contributed by atoms with Gasteiger partial charge in [0.2, 0.25) is 5.06 Å². The number of aliphatic hydroxyl groups is 1. The van der Waals surface area contributed by atoms with E-state index in [1.165, 1.54) is 11.3 Å². The number of hydrogen-bond donors (Lipinski definition) is 6. The molecule has 0 bridgehead atoms. The van der Waals surface area contributed by atoms with E-state index in [9.17, 15) is 19.5 Å². The van der Waals surface area contributed by atoms with E-state index in [4.69, 9.17) is 9.47 Å². The molecule has 3 rings (SSSR count). The predicted octanol–water partition coefficient (Wildman–Crippen LogP) is 5.15. The normalized spacial score (nSPS) is 13.9. The number of nitrogens with zero attached hydrogens (tertiary/aromatic N) is 1. The van der Waals surface area contributed by atoms with Crippen molar-refractivity contribution in [1.29, 1.82) is 0 Å². The first-order chi connectivity index (χ1) is 20.9. The summed E-state index contributed by atoms with van der Waals surface area (Å²) in [6.07, 6.45) is -0.437. The summed E-state index contributed by atoms with van der Waals surface area (Å²) in [5, 5.41) is 16.5. The van der Waals surface area contributed by atoms with Gasteiger partial charge in [-0.25, -0.2) is 14.6 Å². The molecule has 44 heavy (non-hydrogen) atoms. The first-order valence-electron chi connectivity index (χ1n) is 14.3. The molecule has 0 spiro atoms. The number of hydrazine groups is 1. The van der Waals surface area contributed by atoms with Crippen LogP contribution >= 0.6 is 24.0 Å². The number of benzene rings is 2. The first-order valence-corrected chi connectivity index (χ1v) is 15.7. The maximum absolute atomic E-state index is 13.0. The lowest BCUT2D eigenvalue weighted by atomic mass is 10.0. The summed E-state index contributed by atoms with van der Waals surface area (Å²) in [5.41, 5.74) is 6.71. The number of carbonyl (C=O) groups is 3. The number of rotatable bonds is 15. The molecule has 2 aromatic carbocycles. The summed E-state index contributed by atoms with van der Waals surface area (Å²) in [6, 6.07) is 17.1. The number of carbonyl (C=O) groups excluding carboxylic acids is 3. The third kappa shape index (κ3) is 11.8. The highest BCUT2D eigenvalue weighted by Gasteiger charge is 2.32. The molecule has 1 heterocycles. The zero-order valence-corrected chi connectivity index (χ0v) is 27.0. The quantitative estimate of drug-likeness (QED) is 0.0756. The molecule has 0 saturated carbocycles. The summed E-state index contributed by atoms with van der Waals surface area (Å²) in [4.78, 5) is 42.5. The lowest BCUT2D eigenvalue weighted by Crippen LogP contribution is -2.56. The molecule has 0 radical (unpaired) electrons. The van der Waals surface area contributed by atoms with Gasteiger partial charge in [0.25, 0.3) is 5.91 Å². The Morgan fingerprint density at radius 2 is 1.39 bits per heavy atom. The summed E-state index contributed by atoms with van der Waals surface area (Å²) < 4.78 is 10.6. The van der Waals surface area contributed by atoms with Crippen molar-refractivity contribution in [3.05, 3.63) is 87.9 Å². The Labute approximate surface area is 267 Å². The van der Waals surface area contributed by atoms with Crippen LogP contribution < -0.4 is 21.5 Å². The van der Waals surface area contributed by atoms with Crippen molar-refractivity contribution in [3.63, 3.8) is 0 Å². The smallest absolute Gasteiger partial charge is 0.408 e. The van der Waals surface area contributed by atoms with Gasteiger partial charge in [-0.3, -0.25) is 10.2 Å². The second-order valence-corrected chi connectivity index (χ2v) is 12.7. The van der Waals surface area contributed by atoms with Gasteiger partial charge in [-0.2, -0.15) is 5.43 Å². The van der Waals surface area contributed by atoms with Crippen LogP contribution in [0.5, 0.6) is 0 Å². The largest absolute Gasteiger partial charge is 0.445 e. The number of thiazole rings is 1. The van der Waals surface area contributed by atoms with Crippen molar-refractivity contribution >= 4 is 42.1 Å². The number of thiol groups is 1. The highest BCUT2D eigenvalue weighted by Crippen LogP contribution is 2.29. The Morgan fingerprint density at radius 1 is 0.864 bits per heavy atom. The number of alkyl carbamates (subject to hydrolysis) is 2. The van der Waals surface area contributed by atoms with Crippen LogP contribution in [0.2, 0.25) is 0 Å². The third-order valence-electron chi connectivity index (χ3n) is 6.28. The second kappa shape index (κ2) is 17.0. The number of amides is 3. The Hall–Kier alpha value is -3.65. The van der Waals surface area contributed by atoms with Crippen molar-refractivity contribution in [2.24, 2.45) is 11.8 Å². The number of ether oxygens (including phenoxy) is 2. The number of aromatic nitrogens is 1. The van der Waals surface area contributed by atoms with Crippen molar-refractivity contribution in [3.8, 4) is 0 Å². The molecule has 13 heteroatoms. The first kappa shape index (κ1) is 34.8.